The van der Waals surface area contributed by atoms with Crippen molar-refractivity contribution in [3.63, 3.8) is 0 Å². The molecule has 0 saturated carbocycles. The number of primary amides is 1. The molecule has 0 atom stereocenters. The first-order valence-corrected chi connectivity index (χ1v) is 5.94. The summed E-state index contributed by atoms with van der Waals surface area (Å²) in [5.74, 6) is -1.69. The van der Waals surface area contributed by atoms with E-state index in [0.29, 0.717) is 10.2 Å². The van der Waals surface area contributed by atoms with Gasteiger partial charge in [0.15, 0.2) is 0 Å². The number of nitrogens with zero attached hydrogens (tertiary/aromatic N) is 1. The summed E-state index contributed by atoms with van der Waals surface area (Å²) in [5, 5.41) is 11.3. The molecule has 0 saturated heterocycles. The van der Waals surface area contributed by atoms with E-state index in [9.17, 15) is 14.4 Å². The molecule has 102 valence electrons. The first-order chi connectivity index (χ1) is 8.81. The van der Waals surface area contributed by atoms with Crippen LogP contribution in [0.5, 0.6) is 0 Å². The number of rotatable bonds is 4. The summed E-state index contributed by atoms with van der Waals surface area (Å²) in [6, 6.07) is 3.65. The zero-order chi connectivity index (χ0) is 14.6. The van der Waals surface area contributed by atoms with Crippen LogP contribution in [0.3, 0.4) is 0 Å². The van der Waals surface area contributed by atoms with E-state index in [1.54, 1.807) is 0 Å². The van der Waals surface area contributed by atoms with Gasteiger partial charge < -0.3 is 21.1 Å². The summed E-state index contributed by atoms with van der Waals surface area (Å²) in [4.78, 5) is 34.2. The number of carboxylic acid groups (broad SMARTS) is 1. The van der Waals surface area contributed by atoms with E-state index in [-0.39, 0.29) is 12.1 Å². The highest BCUT2D eigenvalue weighted by Gasteiger charge is 2.13. The molecule has 19 heavy (non-hydrogen) atoms. The average Bonchev–Trinajstić information content (AvgIpc) is 2.30. The number of likely N-dealkylation sites (N-methyl/N-ethyl adjacent to an activating group) is 1. The van der Waals surface area contributed by atoms with Crippen molar-refractivity contribution in [2.75, 3.05) is 18.9 Å². The van der Waals surface area contributed by atoms with E-state index in [0.717, 1.165) is 4.90 Å². The van der Waals surface area contributed by atoms with Crippen LogP contribution < -0.4 is 11.1 Å². The number of nitrogens with one attached hydrogen (secondary N) is 1. The van der Waals surface area contributed by atoms with E-state index in [2.05, 4.69) is 21.2 Å². The Bertz CT molecular complexity index is 533. The molecule has 4 N–H and O–H groups in total. The lowest BCUT2D eigenvalue weighted by Gasteiger charge is -2.16. The number of carboxylic acids is 1. The summed E-state index contributed by atoms with van der Waals surface area (Å²) >= 11 is 3.16. The van der Waals surface area contributed by atoms with Crippen molar-refractivity contribution in [3.8, 4) is 0 Å². The highest BCUT2D eigenvalue weighted by Crippen LogP contribution is 2.23. The zero-order valence-corrected chi connectivity index (χ0v) is 11.6. The molecule has 8 heteroatoms. The van der Waals surface area contributed by atoms with Gasteiger partial charge in [0, 0.05) is 11.5 Å². The third kappa shape index (κ3) is 4.25. The van der Waals surface area contributed by atoms with Gasteiger partial charge in [-0.3, -0.25) is 4.79 Å². The van der Waals surface area contributed by atoms with Crippen LogP contribution in [0.15, 0.2) is 22.7 Å². The Morgan fingerprint density at radius 2 is 2.05 bits per heavy atom. The van der Waals surface area contributed by atoms with E-state index in [1.165, 1.54) is 25.2 Å². The number of carbonyl (C=O) groups excluding carboxylic acids is 2. The van der Waals surface area contributed by atoms with Crippen LogP contribution in [0.1, 0.15) is 10.4 Å². The quantitative estimate of drug-likeness (QED) is 0.767. The lowest BCUT2D eigenvalue weighted by atomic mass is 10.2. The predicted octanol–water partition coefficient (Wildman–Crippen LogP) is 1.10. The number of carbonyl (C=O) groups is 3. The molecule has 0 heterocycles. The van der Waals surface area contributed by atoms with Gasteiger partial charge >= 0.3 is 12.0 Å². The molecule has 1 aromatic carbocycles. The topological polar surface area (TPSA) is 113 Å². The first kappa shape index (κ1) is 15.0. The Hall–Kier alpha value is -2.09. The highest BCUT2D eigenvalue weighted by molar-refractivity contribution is 9.10. The molecule has 3 amide bonds. The summed E-state index contributed by atoms with van der Waals surface area (Å²) in [6.07, 6.45) is 0. The Kier molecular flexibility index (Phi) is 4.87. The number of hydrogen-bond donors (Lipinski definition) is 3. The fourth-order valence-corrected chi connectivity index (χ4v) is 1.74. The van der Waals surface area contributed by atoms with Crippen LogP contribution >= 0.6 is 15.9 Å². The van der Waals surface area contributed by atoms with E-state index < -0.39 is 17.9 Å². The average molecular weight is 330 g/mol. The van der Waals surface area contributed by atoms with Crippen molar-refractivity contribution < 1.29 is 19.5 Å². The maximum absolute atomic E-state index is 11.7. The number of anilines is 1. The minimum atomic E-state index is -1.07. The van der Waals surface area contributed by atoms with Crippen LogP contribution in [-0.2, 0) is 4.79 Å². The third-order valence-electron chi connectivity index (χ3n) is 2.20. The van der Waals surface area contributed by atoms with Crippen molar-refractivity contribution >= 4 is 39.5 Å². The molecular weight excluding hydrogens is 318 g/mol. The summed E-state index contributed by atoms with van der Waals surface area (Å²) in [7, 11) is 1.42. The molecule has 0 radical (unpaired) electrons. The van der Waals surface area contributed by atoms with Gasteiger partial charge in [-0.2, -0.15) is 0 Å². The lowest BCUT2D eigenvalue weighted by molar-refractivity contribution is -0.118. The van der Waals surface area contributed by atoms with Crippen LogP contribution in [-0.4, -0.2) is 41.5 Å². The number of aromatic carboxylic acids is 1. The molecule has 0 spiro atoms. The molecule has 1 aromatic rings. The second-order valence-electron chi connectivity index (χ2n) is 3.75. The molecule has 0 unspecified atom stereocenters. The monoisotopic (exact) mass is 329 g/mol. The van der Waals surface area contributed by atoms with Crippen LogP contribution in [0, 0.1) is 0 Å². The van der Waals surface area contributed by atoms with Gasteiger partial charge in [-0.25, -0.2) is 9.59 Å². The molecule has 0 aromatic heterocycles. The van der Waals surface area contributed by atoms with E-state index >= 15 is 0 Å². The normalized spacial score (nSPS) is 9.79. The largest absolute Gasteiger partial charge is 0.478 e. The maximum atomic E-state index is 11.7. The van der Waals surface area contributed by atoms with Crippen molar-refractivity contribution in [3.05, 3.63) is 28.2 Å². The molecule has 0 bridgehead atoms. The van der Waals surface area contributed by atoms with E-state index in [1.807, 2.05) is 0 Å². The Morgan fingerprint density at radius 1 is 1.42 bits per heavy atom. The smallest absolute Gasteiger partial charge is 0.335 e. The van der Waals surface area contributed by atoms with Crippen molar-refractivity contribution in [1.82, 2.24) is 4.90 Å². The van der Waals surface area contributed by atoms with Gasteiger partial charge in [0.25, 0.3) is 0 Å². The summed E-state index contributed by atoms with van der Waals surface area (Å²) in [5.41, 5.74) is 5.46. The Morgan fingerprint density at radius 3 is 2.53 bits per heavy atom. The van der Waals surface area contributed by atoms with Gasteiger partial charge in [0.2, 0.25) is 5.91 Å². The van der Waals surface area contributed by atoms with Gasteiger partial charge in [-0.1, -0.05) is 0 Å². The highest BCUT2D eigenvalue weighted by atomic mass is 79.9. The fourth-order valence-electron chi connectivity index (χ4n) is 1.27. The molecule has 0 aliphatic heterocycles. The number of benzene rings is 1. The Balaban J connectivity index is 2.80. The number of halogens is 1. The molecule has 0 aliphatic rings. The summed E-state index contributed by atoms with van der Waals surface area (Å²) < 4.78 is 0.424. The minimum absolute atomic E-state index is 0.0929. The summed E-state index contributed by atoms with van der Waals surface area (Å²) in [6.45, 7) is -0.212. The number of amides is 3. The van der Waals surface area contributed by atoms with Crippen LogP contribution in [0.2, 0.25) is 0 Å². The third-order valence-corrected chi connectivity index (χ3v) is 2.85. The number of urea groups is 1. The SMILES string of the molecule is CN(CC(N)=O)C(=O)Nc1ccc(C(=O)O)cc1Br. The van der Waals surface area contributed by atoms with Crippen molar-refractivity contribution in [2.24, 2.45) is 5.73 Å². The van der Waals surface area contributed by atoms with Crippen molar-refractivity contribution in [1.29, 1.82) is 0 Å². The van der Waals surface area contributed by atoms with Crippen molar-refractivity contribution in [2.45, 2.75) is 0 Å². The minimum Gasteiger partial charge on any atom is -0.478 e. The second kappa shape index (κ2) is 6.19. The van der Waals surface area contributed by atoms with Gasteiger partial charge in [0.1, 0.15) is 6.54 Å². The lowest BCUT2D eigenvalue weighted by Crippen LogP contribution is -2.38. The molecule has 7 nitrogen and oxygen atoms in total. The second-order valence-corrected chi connectivity index (χ2v) is 4.61. The molecule has 0 aliphatic carbocycles. The molecular formula is C11H12BrN3O4. The number of nitrogens with two attached hydrogens (primary N) is 1. The predicted molar refractivity (Wildman–Crippen MR) is 71.9 cm³/mol. The van der Waals surface area contributed by atoms with E-state index in [4.69, 9.17) is 10.8 Å². The van der Waals surface area contributed by atoms with Gasteiger partial charge in [-0.15, -0.1) is 0 Å². The standard InChI is InChI=1S/C11H12BrN3O4/c1-15(5-9(13)16)11(19)14-8-3-2-6(10(17)18)4-7(8)12/h2-4H,5H2,1H3,(H2,13,16)(H,14,19)(H,17,18). The van der Waals surface area contributed by atoms with Crippen LogP contribution in [0.4, 0.5) is 10.5 Å². The zero-order valence-electron chi connectivity index (χ0n) is 10.0. The number of hydrogen-bond acceptors (Lipinski definition) is 3. The first-order valence-electron chi connectivity index (χ1n) is 5.14. The maximum Gasteiger partial charge on any atom is 0.335 e. The Labute approximate surface area is 117 Å². The van der Waals surface area contributed by atoms with Gasteiger partial charge in [0.05, 0.1) is 11.3 Å². The van der Waals surface area contributed by atoms with Gasteiger partial charge in [-0.05, 0) is 34.1 Å². The van der Waals surface area contributed by atoms with Crippen LogP contribution in [0.25, 0.3) is 0 Å². The fraction of sp³-hybridized carbons (Fsp3) is 0.182. The molecule has 1 rings (SSSR count). The molecule has 0 fully saturated rings.